The molecule has 1 aromatic carbocycles. The summed E-state index contributed by atoms with van der Waals surface area (Å²) in [5.74, 6) is -1.53. The fraction of sp³-hybridized carbons (Fsp3) is 0.100. The van der Waals surface area contributed by atoms with E-state index in [0.717, 1.165) is 0 Å². The first kappa shape index (κ1) is 10.9. The summed E-state index contributed by atoms with van der Waals surface area (Å²) >= 11 is 3.00. The van der Waals surface area contributed by atoms with Gasteiger partial charge in [-0.1, -0.05) is 12.1 Å². The van der Waals surface area contributed by atoms with Gasteiger partial charge in [-0.2, -0.15) is 0 Å². The van der Waals surface area contributed by atoms with Crippen molar-refractivity contribution in [3.8, 4) is 0 Å². The molecule has 0 fully saturated rings. The number of hydrogen-bond donors (Lipinski definition) is 1. The lowest BCUT2D eigenvalue weighted by Crippen LogP contribution is -1.99. The van der Waals surface area contributed by atoms with Crippen LogP contribution in [0.15, 0.2) is 28.7 Å². The maximum Gasteiger partial charge on any atom is 0.335 e. The van der Waals surface area contributed by atoms with E-state index in [2.05, 4.69) is 15.9 Å². The molecule has 0 spiro atoms. The maximum atomic E-state index is 13.1. The molecule has 0 heterocycles. The summed E-state index contributed by atoms with van der Waals surface area (Å²) < 4.78 is 13.4. The van der Waals surface area contributed by atoms with Crippen LogP contribution in [0.1, 0.15) is 12.5 Å². The van der Waals surface area contributed by atoms with E-state index in [0.29, 0.717) is 10.0 Å². The van der Waals surface area contributed by atoms with Crippen LogP contribution in [0.4, 0.5) is 4.39 Å². The molecule has 4 heteroatoms. The van der Waals surface area contributed by atoms with E-state index in [9.17, 15) is 9.18 Å². The van der Waals surface area contributed by atoms with Crippen LogP contribution in [0.3, 0.4) is 0 Å². The van der Waals surface area contributed by atoms with Crippen LogP contribution in [0.2, 0.25) is 0 Å². The van der Waals surface area contributed by atoms with Gasteiger partial charge in [-0.3, -0.25) is 0 Å². The zero-order chi connectivity index (χ0) is 10.7. The van der Waals surface area contributed by atoms with Crippen molar-refractivity contribution >= 4 is 27.5 Å². The van der Waals surface area contributed by atoms with E-state index < -0.39 is 11.8 Å². The van der Waals surface area contributed by atoms with Crippen molar-refractivity contribution in [3.63, 3.8) is 0 Å². The molecule has 1 aromatic rings. The lowest BCUT2D eigenvalue weighted by Gasteiger charge is -2.02. The number of rotatable bonds is 2. The Morgan fingerprint density at radius 2 is 2.21 bits per heavy atom. The Morgan fingerprint density at radius 3 is 2.64 bits per heavy atom. The number of allylic oxidation sites excluding steroid dienone is 1. The van der Waals surface area contributed by atoms with E-state index in [1.165, 1.54) is 18.2 Å². The van der Waals surface area contributed by atoms with Gasteiger partial charge in [0.15, 0.2) is 0 Å². The molecular weight excluding hydrogens is 251 g/mol. The summed E-state index contributed by atoms with van der Waals surface area (Å²) in [6, 6.07) is 4.22. The maximum absolute atomic E-state index is 13.1. The summed E-state index contributed by atoms with van der Waals surface area (Å²) in [6.45, 7) is 1.60. The minimum atomic E-state index is -1.06. The average Bonchev–Trinajstić information content (AvgIpc) is 2.11. The minimum absolute atomic E-state index is 0.0939. The van der Waals surface area contributed by atoms with Gasteiger partial charge in [-0.05, 0) is 40.5 Å². The number of benzene rings is 1. The van der Waals surface area contributed by atoms with Crippen LogP contribution in [0.5, 0.6) is 0 Å². The third-order valence-electron chi connectivity index (χ3n) is 1.75. The molecule has 0 unspecified atom stereocenters. The summed E-state index contributed by atoms with van der Waals surface area (Å²) in [5, 5.41) is 8.78. The molecule has 0 aliphatic carbocycles. The van der Waals surface area contributed by atoms with Gasteiger partial charge in [0.1, 0.15) is 5.82 Å². The van der Waals surface area contributed by atoms with Gasteiger partial charge in [0.2, 0.25) is 0 Å². The number of halogens is 2. The van der Waals surface area contributed by atoms with E-state index in [1.807, 2.05) is 0 Å². The van der Waals surface area contributed by atoms with E-state index in [-0.39, 0.29) is 5.57 Å². The molecule has 1 rings (SSSR count). The molecule has 2 nitrogen and oxygen atoms in total. The number of carboxylic acids is 1. The van der Waals surface area contributed by atoms with E-state index >= 15 is 0 Å². The van der Waals surface area contributed by atoms with Gasteiger partial charge in [0.05, 0.1) is 10.0 Å². The summed E-state index contributed by atoms with van der Waals surface area (Å²) in [6.07, 6.45) is 1.44. The van der Waals surface area contributed by atoms with Crippen LogP contribution < -0.4 is 0 Å². The highest BCUT2D eigenvalue weighted by atomic mass is 79.9. The highest BCUT2D eigenvalue weighted by molar-refractivity contribution is 9.10. The van der Waals surface area contributed by atoms with Gasteiger partial charge in [0.25, 0.3) is 0 Å². The Hall–Kier alpha value is -1.16. The Kier molecular flexibility index (Phi) is 3.41. The topological polar surface area (TPSA) is 37.3 Å². The van der Waals surface area contributed by atoms with Crippen LogP contribution in [-0.4, -0.2) is 11.1 Å². The predicted octanol–water partition coefficient (Wildman–Crippen LogP) is 3.08. The lowest BCUT2D eigenvalue weighted by molar-refractivity contribution is -0.130. The van der Waals surface area contributed by atoms with Crippen LogP contribution in [0, 0.1) is 5.82 Å². The summed E-state index contributed by atoms with van der Waals surface area (Å²) in [5.41, 5.74) is 0.456. The first-order chi connectivity index (χ1) is 6.56. The second-order valence-electron chi connectivity index (χ2n) is 2.64. The molecule has 14 heavy (non-hydrogen) atoms. The molecule has 0 saturated carbocycles. The van der Waals surface area contributed by atoms with Gasteiger partial charge >= 0.3 is 5.97 Å². The van der Waals surface area contributed by atoms with Gasteiger partial charge in [-0.25, -0.2) is 9.18 Å². The number of carboxylic acid groups (broad SMARTS) is 1. The molecule has 0 aliphatic heterocycles. The SMILES string of the molecule is CC=C(C(=O)O)c1ccc(Br)c(F)c1. The van der Waals surface area contributed by atoms with Gasteiger partial charge in [-0.15, -0.1) is 0 Å². The second-order valence-corrected chi connectivity index (χ2v) is 3.49. The second kappa shape index (κ2) is 4.37. The molecule has 0 atom stereocenters. The Bertz CT molecular complexity index is 399. The van der Waals surface area contributed by atoms with E-state index in [4.69, 9.17) is 5.11 Å². The first-order valence-corrected chi connectivity index (χ1v) is 4.70. The zero-order valence-corrected chi connectivity index (χ0v) is 9.01. The molecule has 0 saturated heterocycles. The number of aliphatic carboxylic acids is 1. The zero-order valence-electron chi connectivity index (χ0n) is 7.42. The number of hydrogen-bond acceptors (Lipinski definition) is 1. The highest BCUT2D eigenvalue weighted by Gasteiger charge is 2.10. The van der Waals surface area contributed by atoms with Crippen molar-refractivity contribution < 1.29 is 14.3 Å². The van der Waals surface area contributed by atoms with Crippen LogP contribution in [0.25, 0.3) is 5.57 Å². The normalized spacial score (nSPS) is 11.5. The molecular formula is C10H8BrFO2. The standard InChI is InChI=1S/C10H8BrFO2/c1-2-7(10(13)14)6-3-4-8(11)9(12)5-6/h2-5H,1H3,(H,13,14). The monoisotopic (exact) mass is 258 g/mol. The lowest BCUT2D eigenvalue weighted by atomic mass is 10.1. The third kappa shape index (κ3) is 2.20. The molecule has 0 radical (unpaired) electrons. The molecule has 0 amide bonds. The largest absolute Gasteiger partial charge is 0.478 e. The van der Waals surface area contributed by atoms with Crippen molar-refractivity contribution in [2.45, 2.75) is 6.92 Å². The van der Waals surface area contributed by atoms with Crippen molar-refractivity contribution in [2.24, 2.45) is 0 Å². The molecule has 0 aromatic heterocycles. The third-order valence-corrected chi connectivity index (χ3v) is 2.39. The Labute approximate surface area is 89.2 Å². The van der Waals surface area contributed by atoms with Crippen LogP contribution >= 0.6 is 15.9 Å². The quantitative estimate of drug-likeness (QED) is 0.828. The predicted molar refractivity (Wildman–Crippen MR) is 55.4 cm³/mol. The van der Waals surface area contributed by atoms with Crippen molar-refractivity contribution in [2.75, 3.05) is 0 Å². The van der Waals surface area contributed by atoms with E-state index in [1.54, 1.807) is 13.0 Å². The van der Waals surface area contributed by atoms with Crippen LogP contribution in [-0.2, 0) is 4.79 Å². The summed E-state index contributed by atoms with van der Waals surface area (Å²) in [7, 11) is 0. The van der Waals surface area contributed by atoms with Crippen molar-refractivity contribution in [1.29, 1.82) is 0 Å². The number of carbonyl (C=O) groups is 1. The fourth-order valence-electron chi connectivity index (χ4n) is 1.08. The first-order valence-electron chi connectivity index (χ1n) is 3.91. The van der Waals surface area contributed by atoms with Crippen molar-refractivity contribution in [3.05, 3.63) is 40.1 Å². The average molecular weight is 259 g/mol. The molecule has 0 aliphatic rings. The Balaban J connectivity index is 3.20. The highest BCUT2D eigenvalue weighted by Crippen LogP contribution is 2.21. The molecule has 0 bridgehead atoms. The molecule has 1 N–H and O–H groups in total. The summed E-state index contributed by atoms with van der Waals surface area (Å²) in [4.78, 5) is 10.7. The van der Waals surface area contributed by atoms with Crippen molar-refractivity contribution in [1.82, 2.24) is 0 Å². The minimum Gasteiger partial charge on any atom is -0.478 e. The fourth-order valence-corrected chi connectivity index (χ4v) is 1.32. The molecule has 74 valence electrons. The smallest absolute Gasteiger partial charge is 0.335 e. The van der Waals surface area contributed by atoms with Gasteiger partial charge < -0.3 is 5.11 Å². The Morgan fingerprint density at radius 1 is 1.57 bits per heavy atom. The van der Waals surface area contributed by atoms with Gasteiger partial charge in [0, 0.05) is 0 Å².